The highest BCUT2D eigenvalue weighted by molar-refractivity contribution is 5.73. The van der Waals surface area contributed by atoms with Crippen molar-refractivity contribution in [1.29, 1.82) is 0 Å². The van der Waals surface area contributed by atoms with E-state index >= 15 is 0 Å². The number of piperidine rings is 1. The van der Waals surface area contributed by atoms with Gasteiger partial charge in [0.1, 0.15) is 17.6 Å². The molecular weight excluding hydrogens is 322 g/mol. The summed E-state index contributed by atoms with van der Waals surface area (Å²) in [5.74, 6) is 2.16. The molecule has 4 atom stereocenters. The van der Waals surface area contributed by atoms with E-state index in [2.05, 4.69) is 54.7 Å². The van der Waals surface area contributed by atoms with Gasteiger partial charge < -0.3 is 14.8 Å². The standard InChI is InChI=1S/C23H25NO2/c1-15-21-10-9-19(26-20-11-17-7-8-18(12-20)24-17)13-23(21)25-14-22(15)16-5-3-2-4-6-16/h2-6,9-10,13-15,17-18,20,24H,7-8,11-12H2,1H3/t15?,17-,18+,20?. The molecule has 134 valence electrons. The maximum Gasteiger partial charge on any atom is 0.134 e. The molecule has 0 radical (unpaired) electrons. The minimum absolute atomic E-state index is 0.310. The van der Waals surface area contributed by atoms with E-state index in [9.17, 15) is 0 Å². The Bertz CT molecular complexity index is 817. The van der Waals surface area contributed by atoms with Crippen LogP contribution < -0.4 is 14.8 Å². The number of hydrogen-bond donors (Lipinski definition) is 1. The van der Waals surface area contributed by atoms with Crippen LogP contribution in [0.2, 0.25) is 0 Å². The molecule has 3 heteroatoms. The Morgan fingerprint density at radius 2 is 1.77 bits per heavy atom. The third kappa shape index (κ3) is 2.90. The summed E-state index contributed by atoms with van der Waals surface area (Å²) in [5.41, 5.74) is 3.67. The van der Waals surface area contributed by atoms with E-state index in [1.54, 1.807) is 0 Å². The van der Waals surface area contributed by atoms with Gasteiger partial charge in [-0.1, -0.05) is 43.3 Å². The van der Waals surface area contributed by atoms with Crippen molar-refractivity contribution in [3.05, 3.63) is 65.9 Å². The summed E-state index contributed by atoms with van der Waals surface area (Å²) in [7, 11) is 0. The summed E-state index contributed by atoms with van der Waals surface area (Å²) < 4.78 is 12.3. The minimum Gasteiger partial charge on any atom is -0.490 e. The first-order chi connectivity index (χ1) is 12.8. The fourth-order valence-corrected chi connectivity index (χ4v) is 4.69. The molecule has 3 aliphatic rings. The Morgan fingerprint density at radius 3 is 2.54 bits per heavy atom. The van der Waals surface area contributed by atoms with Crippen molar-refractivity contribution in [2.75, 3.05) is 0 Å². The van der Waals surface area contributed by atoms with Gasteiger partial charge >= 0.3 is 0 Å². The van der Waals surface area contributed by atoms with E-state index in [4.69, 9.17) is 9.47 Å². The number of allylic oxidation sites excluding steroid dienone is 1. The van der Waals surface area contributed by atoms with Crippen LogP contribution in [-0.4, -0.2) is 18.2 Å². The average molecular weight is 347 g/mol. The van der Waals surface area contributed by atoms with Gasteiger partial charge in [-0.05, 0) is 37.3 Å². The average Bonchev–Trinajstić information content (AvgIpc) is 3.01. The molecule has 2 bridgehead atoms. The molecule has 2 aromatic rings. The topological polar surface area (TPSA) is 30.5 Å². The van der Waals surface area contributed by atoms with Crippen LogP contribution in [0, 0.1) is 0 Å². The van der Waals surface area contributed by atoms with Gasteiger partial charge in [-0.3, -0.25) is 0 Å². The van der Waals surface area contributed by atoms with Crippen molar-refractivity contribution in [2.45, 2.75) is 56.7 Å². The molecule has 0 spiro atoms. The SMILES string of the molecule is CC1C(c2ccccc2)=COc2cc(OC3C[C@H]4CC[C@@H](C3)N4)ccc21. The molecule has 2 unspecified atom stereocenters. The second-order valence-corrected chi connectivity index (χ2v) is 7.83. The normalized spacial score (nSPS) is 29.5. The van der Waals surface area contributed by atoms with Crippen LogP contribution >= 0.6 is 0 Å². The molecule has 3 heterocycles. The van der Waals surface area contributed by atoms with Crippen molar-refractivity contribution in [2.24, 2.45) is 0 Å². The van der Waals surface area contributed by atoms with E-state index in [0.29, 0.717) is 24.1 Å². The molecule has 0 aliphatic carbocycles. The molecule has 2 aromatic carbocycles. The molecule has 0 aromatic heterocycles. The van der Waals surface area contributed by atoms with Crippen LogP contribution in [-0.2, 0) is 0 Å². The van der Waals surface area contributed by atoms with Gasteiger partial charge in [0.25, 0.3) is 0 Å². The summed E-state index contributed by atoms with van der Waals surface area (Å²) in [6.07, 6.45) is 7.04. The number of nitrogens with one attached hydrogen (secondary N) is 1. The quantitative estimate of drug-likeness (QED) is 0.858. The van der Waals surface area contributed by atoms with Crippen LogP contribution in [0.4, 0.5) is 0 Å². The molecule has 3 nitrogen and oxygen atoms in total. The van der Waals surface area contributed by atoms with E-state index in [1.807, 2.05) is 12.3 Å². The summed E-state index contributed by atoms with van der Waals surface area (Å²) >= 11 is 0. The highest BCUT2D eigenvalue weighted by Gasteiger charge is 2.34. The fourth-order valence-electron chi connectivity index (χ4n) is 4.69. The summed E-state index contributed by atoms with van der Waals surface area (Å²) in [6.45, 7) is 2.24. The molecular formula is C23H25NO2. The first kappa shape index (κ1) is 16.0. The summed E-state index contributed by atoms with van der Waals surface area (Å²) in [6, 6.07) is 18.1. The van der Waals surface area contributed by atoms with Gasteiger partial charge in [-0.25, -0.2) is 0 Å². The van der Waals surface area contributed by atoms with Gasteiger partial charge in [0, 0.05) is 35.2 Å². The van der Waals surface area contributed by atoms with E-state index < -0.39 is 0 Å². The Morgan fingerprint density at radius 1 is 1.00 bits per heavy atom. The first-order valence-electron chi connectivity index (χ1n) is 9.75. The Labute approximate surface area is 155 Å². The molecule has 26 heavy (non-hydrogen) atoms. The van der Waals surface area contributed by atoms with E-state index in [-0.39, 0.29) is 0 Å². The van der Waals surface area contributed by atoms with Crippen molar-refractivity contribution < 1.29 is 9.47 Å². The van der Waals surface area contributed by atoms with Gasteiger partial charge in [0.2, 0.25) is 0 Å². The first-order valence-corrected chi connectivity index (χ1v) is 9.75. The zero-order chi connectivity index (χ0) is 17.5. The van der Waals surface area contributed by atoms with Gasteiger partial charge in [0.05, 0.1) is 6.26 Å². The number of fused-ring (bicyclic) bond motifs is 3. The highest BCUT2D eigenvalue weighted by Crippen LogP contribution is 2.42. The smallest absolute Gasteiger partial charge is 0.134 e. The fraction of sp³-hybridized carbons (Fsp3) is 0.391. The Hall–Kier alpha value is -2.26. The van der Waals surface area contributed by atoms with Crippen molar-refractivity contribution in [1.82, 2.24) is 5.32 Å². The van der Waals surface area contributed by atoms with Crippen LogP contribution in [0.25, 0.3) is 5.57 Å². The number of benzene rings is 2. The van der Waals surface area contributed by atoms with Crippen molar-refractivity contribution >= 4 is 5.57 Å². The molecule has 5 rings (SSSR count). The minimum atomic E-state index is 0.310. The third-order valence-corrected chi connectivity index (χ3v) is 6.07. The van der Waals surface area contributed by atoms with Gasteiger partial charge in [-0.15, -0.1) is 0 Å². The maximum absolute atomic E-state index is 6.31. The largest absolute Gasteiger partial charge is 0.490 e. The molecule has 0 amide bonds. The summed E-state index contributed by atoms with van der Waals surface area (Å²) in [5, 5.41) is 3.67. The van der Waals surface area contributed by atoms with Crippen LogP contribution in [0.3, 0.4) is 0 Å². The summed E-state index contributed by atoms with van der Waals surface area (Å²) in [4.78, 5) is 0. The van der Waals surface area contributed by atoms with Crippen molar-refractivity contribution in [3.8, 4) is 11.5 Å². The van der Waals surface area contributed by atoms with E-state index in [1.165, 1.54) is 29.5 Å². The number of rotatable bonds is 3. The van der Waals surface area contributed by atoms with Gasteiger partial charge in [-0.2, -0.15) is 0 Å². The lowest BCUT2D eigenvalue weighted by molar-refractivity contribution is 0.137. The van der Waals surface area contributed by atoms with Crippen LogP contribution in [0.15, 0.2) is 54.8 Å². The highest BCUT2D eigenvalue weighted by atomic mass is 16.5. The van der Waals surface area contributed by atoms with Crippen LogP contribution in [0.1, 0.15) is 49.7 Å². The monoisotopic (exact) mass is 347 g/mol. The molecule has 0 saturated carbocycles. The Kier molecular flexibility index (Phi) is 3.97. The molecule has 1 N–H and O–H groups in total. The number of hydrogen-bond acceptors (Lipinski definition) is 3. The lowest BCUT2D eigenvalue weighted by Crippen LogP contribution is -2.42. The third-order valence-electron chi connectivity index (χ3n) is 6.07. The van der Waals surface area contributed by atoms with Crippen molar-refractivity contribution in [3.63, 3.8) is 0 Å². The molecule has 3 aliphatic heterocycles. The lowest BCUT2D eigenvalue weighted by atomic mass is 9.87. The molecule has 2 fully saturated rings. The zero-order valence-electron chi connectivity index (χ0n) is 15.2. The number of ether oxygens (including phenoxy) is 2. The second kappa shape index (κ2) is 6.48. The Balaban J connectivity index is 1.34. The molecule has 2 saturated heterocycles. The predicted octanol–water partition coefficient (Wildman–Crippen LogP) is 4.89. The van der Waals surface area contributed by atoms with Crippen LogP contribution in [0.5, 0.6) is 11.5 Å². The zero-order valence-corrected chi connectivity index (χ0v) is 15.2. The predicted molar refractivity (Wildman–Crippen MR) is 103 cm³/mol. The second-order valence-electron chi connectivity index (χ2n) is 7.83. The van der Waals surface area contributed by atoms with E-state index in [0.717, 1.165) is 24.3 Å². The lowest BCUT2D eigenvalue weighted by Gasteiger charge is -2.30. The van der Waals surface area contributed by atoms with Gasteiger partial charge in [0.15, 0.2) is 0 Å². The maximum atomic E-state index is 6.31.